The molecule has 0 spiro atoms. The van der Waals surface area contributed by atoms with Crippen LogP contribution in [0.25, 0.3) is 22.0 Å². The van der Waals surface area contributed by atoms with Crippen LogP contribution in [0.1, 0.15) is 94.6 Å². The summed E-state index contributed by atoms with van der Waals surface area (Å²) in [7, 11) is 0. The molecule has 1 aliphatic carbocycles. The van der Waals surface area contributed by atoms with Crippen LogP contribution >= 0.6 is 0 Å². The molecule has 0 atom stereocenters. The third kappa shape index (κ3) is 9.30. The van der Waals surface area contributed by atoms with E-state index in [0.29, 0.717) is 12.6 Å². The van der Waals surface area contributed by atoms with Crippen molar-refractivity contribution in [2.24, 2.45) is 5.73 Å². The highest BCUT2D eigenvalue weighted by atomic mass is 15.3. The Bertz CT molecular complexity index is 1310. The van der Waals surface area contributed by atoms with Crippen LogP contribution in [0.15, 0.2) is 92.5 Å². The number of nitrogens with two attached hydrogens (primary N) is 1. The van der Waals surface area contributed by atoms with Gasteiger partial charge in [0, 0.05) is 11.9 Å². The second-order valence-electron chi connectivity index (χ2n) is 10.2. The van der Waals surface area contributed by atoms with Gasteiger partial charge in [0.2, 0.25) is 0 Å². The van der Waals surface area contributed by atoms with Crippen molar-refractivity contribution in [1.29, 1.82) is 0 Å². The minimum Gasteiger partial charge on any atom is -0.326 e. The predicted molar refractivity (Wildman–Crippen MR) is 182 cm³/mol. The van der Waals surface area contributed by atoms with Gasteiger partial charge in [0.15, 0.2) is 0 Å². The molecule has 0 aliphatic heterocycles. The molecule has 41 heavy (non-hydrogen) atoms. The molecule has 3 heteroatoms. The maximum atomic E-state index is 5.91. The molecule has 2 N–H and O–H groups in total. The van der Waals surface area contributed by atoms with Crippen LogP contribution in [0.4, 0.5) is 0 Å². The Balaban J connectivity index is 0.000000775. The number of hydrogen-bond donors (Lipinski definition) is 1. The lowest BCUT2D eigenvalue weighted by Crippen LogP contribution is -2.14. The Labute approximate surface area is 250 Å². The molecule has 0 unspecified atom stereocenters. The van der Waals surface area contributed by atoms with Gasteiger partial charge in [-0.05, 0) is 85.0 Å². The molecule has 3 aromatic carbocycles. The number of nitrogens with zero attached hydrogens (tertiary/aromatic N) is 2. The molecule has 1 aliphatic rings. The topological polar surface area (TPSA) is 43.8 Å². The quantitative estimate of drug-likeness (QED) is 0.221. The van der Waals surface area contributed by atoms with E-state index in [2.05, 4.69) is 98.1 Å². The Kier molecular flexibility index (Phi) is 15.5. The lowest BCUT2D eigenvalue weighted by atomic mass is 9.95. The summed E-state index contributed by atoms with van der Waals surface area (Å²) < 4.78 is 2.36. The maximum Gasteiger partial charge on any atom is 0.0707 e. The number of hydrogen-bond acceptors (Lipinski definition) is 2. The number of rotatable bonds is 8. The fourth-order valence-electron chi connectivity index (χ4n) is 5.62. The van der Waals surface area contributed by atoms with Gasteiger partial charge < -0.3 is 5.73 Å². The van der Waals surface area contributed by atoms with Gasteiger partial charge in [0.1, 0.15) is 0 Å². The Morgan fingerprint density at radius 1 is 0.854 bits per heavy atom. The van der Waals surface area contributed by atoms with E-state index < -0.39 is 0 Å². The lowest BCUT2D eigenvalue weighted by molar-refractivity contribution is 0.335. The summed E-state index contributed by atoms with van der Waals surface area (Å²) in [6.07, 6.45) is 12.6. The first-order valence-corrected chi connectivity index (χ1v) is 15.6. The first-order chi connectivity index (χ1) is 20.2. The average molecular weight is 552 g/mol. The standard InChI is InChI=1S/C31H37N3.C3H6.C2H6.C2H4/c1-2-9-24-11-6-7-12-25(24)16-18-30-29-21-27(26-13-8-10-23(20-26)22-32)17-19-31(29)34(33-30)28-14-4-3-5-15-28;1-3-2;2*1-2/h6-8,10-13,17,19-21,28H,2-5,9,14-16,18,22,32H2,1H3;3H,1H2,2H3;1-2H3;1-2H2. The minimum absolute atomic E-state index is 0.531. The molecule has 0 bridgehead atoms. The molecule has 3 nitrogen and oxygen atoms in total. The first-order valence-electron chi connectivity index (χ1n) is 15.6. The Morgan fingerprint density at radius 2 is 1.49 bits per heavy atom. The largest absolute Gasteiger partial charge is 0.326 e. The average Bonchev–Trinajstić information content (AvgIpc) is 3.41. The molecular formula is C38H53N3. The van der Waals surface area contributed by atoms with E-state index in [1.807, 2.05) is 20.8 Å². The second-order valence-corrected chi connectivity index (χ2v) is 10.2. The van der Waals surface area contributed by atoms with Crippen molar-refractivity contribution >= 4 is 10.9 Å². The fraction of sp³-hybridized carbons (Fsp3) is 0.395. The summed E-state index contributed by atoms with van der Waals surface area (Å²) in [6.45, 7) is 18.1. The molecule has 220 valence electrons. The highest BCUT2D eigenvalue weighted by Crippen LogP contribution is 2.34. The van der Waals surface area contributed by atoms with Crippen molar-refractivity contribution in [3.05, 3.63) is 115 Å². The van der Waals surface area contributed by atoms with E-state index in [9.17, 15) is 0 Å². The fourth-order valence-corrected chi connectivity index (χ4v) is 5.62. The van der Waals surface area contributed by atoms with E-state index >= 15 is 0 Å². The number of allylic oxidation sites excluding steroid dienone is 1. The van der Waals surface area contributed by atoms with E-state index in [4.69, 9.17) is 10.8 Å². The molecule has 0 amide bonds. The Morgan fingerprint density at radius 3 is 2.12 bits per heavy atom. The van der Waals surface area contributed by atoms with Crippen molar-refractivity contribution in [3.8, 4) is 11.1 Å². The van der Waals surface area contributed by atoms with E-state index in [0.717, 1.165) is 19.3 Å². The highest BCUT2D eigenvalue weighted by Gasteiger charge is 2.21. The van der Waals surface area contributed by atoms with E-state index in [1.54, 1.807) is 6.08 Å². The first kappa shape index (κ1) is 33.8. The van der Waals surface area contributed by atoms with Crippen LogP contribution in [-0.2, 0) is 25.8 Å². The van der Waals surface area contributed by atoms with E-state index in [1.165, 1.54) is 82.9 Å². The van der Waals surface area contributed by atoms with Gasteiger partial charge in [-0.3, -0.25) is 4.68 Å². The van der Waals surface area contributed by atoms with Gasteiger partial charge in [-0.25, -0.2) is 0 Å². The summed E-state index contributed by atoms with van der Waals surface area (Å²) in [5.41, 5.74) is 15.1. The van der Waals surface area contributed by atoms with Crippen LogP contribution in [0, 0.1) is 0 Å². The van der Waals surface area contributed by atoms with Crippen LogP contribution in [0.3, 0.4) is 0 Å². The third-order valence-corrected chi connectivity index (χ3v) is 7.47. The molecule has 1 saturated carbocycles. The van der Waals surface area contributed by atoms with Crippen molar-refractivity contribution in [1.82, 2.24) is 9.78 Å². The van der Waals surface area contributed by atoms with Crippen LogP contribution in [-0.4, -0.2) is 9.78 Å². The zero-order valence-corrected chi connectivity index (χ0v) is 26.2. The molecule has 0 saturated heterocycles. The summed E-state index contributed by atoms with van der Waals surface area (Å²) in [6, 6.07) is 25.0. The minimum atomic E-state index is 0.531. The third-order valence-electron chi connectivity index (χ3n) is 7.47. The molecular weight excluding hydrogens is 498 g/mol. The molecule has 1 fully saturated rings. The normalized spacial score (nSPS) is 12.7. The SMILES string of the molecule is C=C.C=CC.CC.CCCc1ccccc1CCc1nn(C2CCCCC2)c2ccc(-c3cccc(CN)c3)cc12. The predicted octanol–water partition coefficient (Wildman–Crippen LogP) is 10.4. The highest BCUT2D eigenvalue weighted by molar-refractivity contribution is 5.87. The van der Waals surface area contributed by atoms with Gasteiger partial charge in [-0.15, -0.1) is 19.7 Å². The zero-order valence-electron chi connectivity index (χ0n) is 26.2. The van der Waals surface area contributed by atoms with Crippen LogP contribution in [0.2, 0.25) is 0 Å². The lowest BCUT2D eigenvalue weighted by Gasteiger charge is -2.22. The van der Waals surface area contributed by atoms with E-state index in [-0.39, 0.29) is 0 Å². The monoisotopic (exact) mass is 551 g/mol. The maximum absolute atomic E-state index is 5.91. The van der Waals surface area contributed by atoms with Crippen molar-refractivity contribution in [3.63, 3.8) is 0 Å². The second kappa shape index (κ2) is 18.8. The number of aromatic nitrogens is 2. The zero-order chi connectivity index (χ0) is 30.0. The summed E-state index contributed by atoms with van der Waals surface area (Å²) >= 11 is 0. The number of aryl methyl sites for hydroxylation is 3. The molecule has 5 rings (SSSR count). The van der Waals surface area contributed by atoms with Gasteiger partial charge in [0.05, 0.1) is 17.3 Å². The van der Waals surface area contributed by atoms with Crippen molar-refractivity contribution < 1.29 is 0 Å². The van der Waals surface area contributed by atoms with Gasteiger partial charge in [-0.1, -0.05) is 101 Å². The number of benzene rings is 3. The molecule has 0 radical (unpaired) electrons. The van der Waals surface area contributed by atoms with Gasteiger partial charge in [0.25, 0.3) is 0 Å². The molecule has 1 aromatic heterocycles. The summed E-state index contributed by atoms with van der Waals surface area (Å²) in [5.74, 6) is 0. The van der Waals surface area contributed by atoms with Crippen LogP contribution < -0.4 is 5.73 Å². The van der Waals surface area contributed by atoms with Gasteiger partial charge >= 0.3 is 0 Å². The smallest absolute Gasteiger partial charge is 0.0707 e. The van der Waals surface area contributed by atoms with Gasteiger partial charge in [-0.2, -0.15) is 5.10 Å². The van der Waals surface area contributed by atoms with Crippen LogP contribution in [0.5, 0.6) is 0 Å². The molecule has 1 heterocycles. The summed E-state index contributed by atoms with van der Waals surface area (Å²) in [4.78, 5) is 0. The number of fused-ring (bicyclic) bond motifs is 1. The van der Waals surface area contributed by atoms with Crippen molar-refractivity contribution in [2.45, 2.75) is 98.1 Å². The van der Waals surface area contributed by atoms with Crippen molar-refractivity contribution in [2.75, 3.05) is 0 Å². The Hall–Kier alpha value is -3.43. The summed E-state index contributed by atoms with van der Waals surface area (Å²) in [5, 5.41) is 6.58. The molecule has 4 aromatic rings.